The quantitative estimate of drug-likeness (QED) is 0.386. The van der Waals surface area contributed by atoms with Crippen LogP contribution in [0.4, 0.5) is 4.39 Å². The average molecular weight is 529 g/mol. The molecule has 2 fully saturated rings. The number of nitrogens with zero attached hydrogens (tertiary/aromatic N) is 6. The lowest BCUT2D eigenvalue weighted by Gasteiger charge is -2.21. The molecule has 0 bridgehead atoms. The topological polar surface area (TPSA) is 106 Å². The SMILES string of the molecule is Cn1cc(C2CC2c2c(C(=O)O)cnn2-c2cccc(-c3cccc(C(=O)N4CCCCCC4)c3F)c2)nn1. The molecule has 0 radical (unpaired) electrons. The van der Waals surface area contributed by atoms with Crippen LogP contribution >= 0.6 is 0 Å². The molecule has 200 valence electrons. The fourth-order valence-corrected chi connectivity index (χ4v) is 5.61. The second-order valence-corrected chi connectivity index (χ2v) is 10.4. The normalized spacial score (nSPS) is 19.1. The minimum Gasteiger partial charge on any atom is -0.478 e. The molecule has 6 rings (SSSR count). The maximum atomic E-state index is 15.8. The highest BCUT2D eigenvalue weighted by molar-refractivity contribution is 5.96. The van der Waals surface area contributed by atoms with Crippen LogP contribution in [0.3, 0.4) is 0 Å². The van der Waals surface area contributed by atoms with E-state index in [-0.39, 0.29) is 28.9 Å². The third kappa shape index (κ3) is 4.71. The first-order chi connectivity index (χ1) is 18.9. The number of carbonyl (C=O) groups is 2. The Morgan fingerprint density at radius 3 is 2.49 bits per heavy atom. The van der Waals surface area contributed by atoms with Crippen molar-refractivity contribution in [1.82, 2.24) is 29.7 Å². The number of likely N-dealkylation sites (tertiary alicyclic amines) is 1. The van der Waals surface area contributed by atoms with Gasteiger partial charge in [-0.25, -0.2) is 13.9 Å². The Hall–Kier alpha value is -4.34. The molecule has 10 heteroatoms. The largest absolute Gasteiger partial charge is 0.478 e. The van der Waals surface area contributed by atoms with Crippen LogP contribution in [0.5, 0.6) is 0 Å². The summed E-state index contributed by atoms with van der Waals surface area (Å²) in [4.78, 5) is 27.0. The van der Waals surface area contributed by atoms with Gasteiger partial charge in [0.1, 0.15) is 11.4 Å². The summed E-state index contributed by atoms with van der Waals surface area (Å²) in [7, 11) is 1.79. The Kier molecular flexibility index (Phi) is 6.46. The molecule has 1 amide bonds. The van der Waals surface area contributed by atoms with Crippen molar-refractivity contribution in [3.8, 4) is 16.8 Å². The van der Waals surface area contributed by atoms with Crippen molar-refractivity contribution in [3.63, 3.8) is 0 Å². The summed E-state index contributed by atoms with van der Waals surface area (Å²) in [5, 5.41) is 22.5. The van der Waals surface area contributed by atoms with E-state index in [0.29, 0.717) is 35.6 Å². The smallest absolute Gasteiger partial charge is 0.339 e. The van der Waals surface area contributed by atoms with Gasteiger partial charge in [0.05, 0.1) is 28.8 Å². The molecule has 1 saturated heterocycles. The first-order valence-electron chi connectivity index (χ1n) is 13.3. The Labute approximate surface area is 224 Å². The van der Waals surface area contributed by atoms with Crippen molar-refractivity contribution in [2.75, 3.05) is 13.1 Å². The molecule has 2 atom stereocenters. The van der Waals surface area contributed by atoms with Gasteiger partial charge in [0.25, 0.3) is 5.91 Å². The molecule has 1 N–H and O–H groups in total. The summed E-state index contributed by atoms with van der Waals surface area (Å²) < 4.78 is 19.1. The van der Waals surface area contributed by atoms with E-state index in [2.05, 4.69) is 15.4 Å². The second-order valence-electron chi connectivity index (χ2n) is 10.4. The molecule has 4 aromatic rings. The van der Waals surface area contributed by atoms with Gasteiger partial charge < -0.3 is 10.0 Å². The molecule has 2 aliphatic rings. The van der Waals surface area contributed by atoms with Crippen LogP contribution in [-0.4, -0.2) is 59.7 Å². The minimum absolute atomic E-state index is 0.0505. The van der Waals surface area contributed by atoms with E-state index in [4.69, 9.17) is 0 Å². The predicted molar refractivity (Wildman–Crippen MR) is 141 cm³/mol. The van der Waals surface area contributed by atoms with Crippen molar-refractivity contribution in [2.24, 2.45) is 7.05 Å². The maximum absolute atomic E-state index is 15.8. The van der Waals surface area contributed by atoms with Crippen LogP contribution in [0, 0.1) is 5.82 Å². The van der Waals surface area contributed by atoms with Gasteiger partial charge in [0.2, 0.25) is 0 Å². The lowest BCUT2D eigenvalue weighted by Crippen LogP contribution is -2.32. The van der Waals surface area contributed by atoms with Gasteiger partial charge in [-0.15, -0.1) is 5.10 Å². The first-order valence-corrected chi connectivity index (χ1v) is 13.3. The minimum atomic E-state index is -1.05. The van der Waals surface area contributed by atoms with Gasteiger partial charge in [-0.1, -0.05) is 42.3 Å². The fourth-order valence-electron chi connectivity index (χ4n) is 5.61. The van der Waals surface area contributed by atoms with Crippen LogP contribution in [-0.2, 0) is 7.05 Å². The molecular weight excluding hydrogens is 499 g/mol. The highest BCUT2D eigenvalue weighted by Crippen LogP contribution is 2.55. The van der Waals surface area contributed by atoms with Crippen molar-refractivity contribution in [2.45, 2.75) is 43.9 Å². The first kappa shape index (κ1) is 25.0. The number of benzene rings is 2. The summed E-state index contributed by atoms with van der Waals surface area (Å²) >= 11 is 0. The fraction of sp³-hybridized carbons (Fsp3) is 0.345. The van der Waals surface area contributed by atoms with E-state index in [9.17, 15) is 14.7 Å². The van der Waals surface area contributed by atoms with Crippen LogP contribution in [0.15, 0.2) is 54.9 Å². The zero-order valence-electron chi connectivity index (χ0n) is 21.6. The zero-order chi connectivity index (χ0) is 27.1. The van der Waals surface area contributed by atoms with E-state index in [1.165, 1.54) is 6.20 Å². The summed E-state index contributed by atoms with van der Waals surface area (Å²) in [6.07, 6.45) is 7.96. The molecule has 9 nitrogen and oxygen atoms in total. The van der Waals surface area contributed by atoms with E-state index < -0.39 is 11.8 Å². The van der Waals surface area contributed by atoms with Gasteiger partial charge in [-0.2, -0.15) is 5.10 Å². The molecule has 2 aromatic carbocycles. The van der Waals surface area contributed by atoms with E-state index in [0.717, 1.165) is 37.8 Å². The zero-order valence-corrected chi connectivity index (χ0v) is 21.6. The summed E-state index contributed by atoms with van der Waals surface area (Å²) in [5.41, 5.74) is 3.10. The lowest BCUT2D eigenvalue weighted by molar-refractivity contribution is 0.0694. The molecule has 3 heterocycles. The molecular formula is C29H29FN6O3. The van der Waals surface area contributed by atoms with Crippen molar-refractivity contribution in [1.29, 1.82) is 0 Å². The average Bonchev–Trinajstić information content (AvgIpc) is 3.52. The summed E-state index contributed by atoms with van der Waals surface area (Å²) in [6, 6.07) is 12.1. The highest BCUT2D eigenvalue weighted by atomic mass is 19.1. The number of carboxylic acids is 1. The lowest BCUT2D eigenvalue weighted by atomic mass is 10.0. The van der Waals surface area contributed by atoms with Gasteiger partial charge in [0, 0.05) is 43.7 Å². The number of aryl methyl sites for hydroxylation is 1. The van der Waals surface area contributed by atoms with Crippen LogP contribution in [0.1, 0.15) is 76.0 Å². The van der Waals surface area contributed by atoms with Gasteiger partial charge >= 0.3 is 5.97 Å². The van der Waals surface area contributed by atoms with E-state index in [1.807, 2.05) is 12.3 Å². The van der Waals surface area contributed by atoms with Gasteiger partial charge in [-0.05, 0) is 43.0 Å². The monoisotopic (exact) mass is 528 g/mol. The summed E-state index contributed by atoms with van der Waals surface area (Å²) in [6.45, 7) is 1.28. The third-order valence-electron chi connectivity index (χ3n) is 7.70. The molecule has 1 saturated carbocycles. The standard InChI is InChI=1S/C29H29FN6O3/c1-34-17-25(32-33-34)22-15-23(22)27-24(29(38)39)16-31-36(27)19-9-6-8-18(14-19)20-10-7-11-21(26(20)30)28(37)35-12-4-2-3-5-13-35/h6-11,14,16-17,22-23H,2-5,12-13,15H2,1H3,(H,38,39). The Morgan fingerprint density at radius 1 is 1.00 bits per heavy atom. The van der Waals surface area contributed by atoms with Crippen molar-refractivity contribution >= 4 is 11.9 Å². The summed E-state index contributed by atoms with van der Waals surface area (Å²) in [5.74, 6) is -1.92. The van der Waals surface area contributed by atoms with Crippen LogP contribution in [0.25, 0.3) is 16.8 Å². The number of aromatic nitrogens is 5. The van der Waals surface area contributed by atoms with Crippen LogP contribution < -0.4 is 0 Å². The second kappa shape index (κ2) is 10.1. The van der Waals surface area contributed by atoms with Gasteiger partial charge in [0.15, 0.2) is 0 Å². The van der Waals surface area contributed by atoms with E-state index in [1.54, 1.807) is 57.7 Å². The van der Waals surface area contributed by atoms with Crippen molar-refractivity contribution < 1.29 is 19.1 Å². The number of rotatable bonds is 6. The molecule has 2 aromatic heterocycles. The molecule has 1 aliphatic carbocycles. The molecule has 2 unspecified atom stereocenters. The van der Waals surface area contributed by atoms with Crippen molar-refractivity contribution in [3.05, 3.63) is 83.2 Å². The Balaban J connectivity index is 1.34. The number of hydrogen-bond donors (Lipinski definition) is 1. The maximum Gasteiger partial charge on any atom is 0.339 e. The molecule has 0 spiro atoms. The third-order valence-corrected chi connectivity index (χ3v) is 7.70. The number of carbonyl (C=O) groups excluding carboxylic acids is 1. The highest BCUT2D eigenvalue weighted by Gasteiger charge is 2.46. The van der Waals surface area contributed by atoms with Crippen LogP contribution in [0.2, 0.25) is 0 Å². The Bertz CT molecular complexity index is 1550. The number of halogens is 1. The number of hydrogen-bond acceptors (Lipinski definition) is 5. The number of carboxylic acid groups (broad SMARTS) is 1. The predicted octanol–water partition coefficient (Wildman–Crippen LogP) is 4.79. The Morgan fingerprint density at radius 2 is 1.77 bits per heavy atom. The number of aromatic carboxylic acids is 1. The van der Waals surface area contributed by atoms with Gasteiger partial charge in [-0.3, -0.25) is 9.48 Å². The number of amides is 1. The van der Waals surface area contributed by atoms with E-state index >= 15 is 4.39 Å². The molecule has 1 aliphatic heterocycles. The molecule has 39 heavy (non-hydrogen) atoms.